The molecule has 0 radical (unpaired) electrons. The SMILES string of the molecule is Cc1ccc(CCc2nc(N)sc2C)c(C)c1. The van der Waals surface area contributed by atoms with Crippen LogP contribution < -0.4 is 5.73 Å². The van der Waals surface area contributed by atoms with Crippen LogP contribution >= 0.6 is 11.3 Å². The van der Waals surface area contributed by atoms with E-state index in [2.05, 4.69) is 44.0 Å². The highest BCUT2D eigenvalue weighted by Crippen LogP contribution is 2.21. The molecule has 0 fully saturated rings. The number of aryl methyl sites for hydroxylation is 5. The number of nitrogens with two attached hydrogens (primary N) is 1. The Kier molecular flexibility index (Phi) is 3.48. The largest absolute Gasteiger partial charge is 0.375 e. The van der Waals surface area contributed by atoms with Crippen molar-refractivity contribution in [2.45, 2.75) is 33.6 Å². The van der Waals surface area contributed by atoms with Crippen molar-refractivity contribution < 1.29 is 0 Å². The van der Waals surface area contributed by atoms with Gasteiger partial charge in [-0.2, -0.15) is 0 Å². The van der Waals surface area contributed by atoms with E-state index in [0.717, 1.165) is 18.5 Å². The van der Waals surface area contributed by atoms with Crippen LogP contribution in [0.25, 0.3) is 0 Å². The second-order valence-corrected chi connectivity index (χ2v) is 5.72. The van der Waals surface area contributed by atoms with Crippen LogP contribution in [0.1, 0.15) is 27.3 Å². The van der Waals surface area contributed by atoms with Gasteiger partial charge in [-0.1, -0.05) is 23.8 Å². The lowest BCUT2D eigenvalue weighted by molar-refractivity contribution is 0.909. The molecule has 0 aliphatic carbocycles. The average Bonchev–Trinajstić information content (AvgIpc) is 2.56. The summed E-state index contributed by atoms with van der Waals surface area (Å²) in [7, 11) is 0. The molecule has 2 N–H and O–H groups in total. The van der Waals surface area contributed by atoms with Crippen molar-refractivity contribution in [3.05, 3.63) is 45.5 Å². The van der Waals surface area contributed by atoms with Crippen molar-refractivity contribution in [2.75, 3.05) is 5.73 Å². The Balaban J connectivity index is 2.10. The van der Waals surface area contributed by atoms with Gasteiger partial charge < -0.3 is 5.73 Å². The minimum atomic E-state index is 0.679. The van der Waals surface area contributed by atoms with Gasteiger partial charge in [-0.25, -0.2) is 4.98 Å². The topological polar surface area (TPSA) is 38.9 Å². The van der Waals surface area contributed by atoms with Crippen molar-refractivity contribution in [3.8, 4) is 0 Å². The van der Waals surface area contributed by atoms with E-state index >= 15 is 0 Å². The highest BCUT2D eigenvalue weighted by molar-refractivity contribution is 7.15. The second kappa shape index (κ2) is 4.88. The highest BCUT2D eigenvalue weighted by atomic mass is 32.1. The highest BCUT2D eigenvalue weighted by Gasteiger charge is 2.06. The maximum Gasteiger partial charge on any atom is 0.180 e. The minimum Gasteiger partial charge on any atom is -0.375 e. The van der Waals surface area contributed by atoms with E-state index in [-0.39, 0.29) is 0 Å². The van der Waals surface area contributed by atoms with E-state index in [0.29, 0.717) is 5.13 Å². The Morgan fingerprint density at radius 2 is 1.94 bits per heavy atom. The number of anilines is 1. The fourth-order valence-corrected chi connectivity index (χ4v) is 2.80. The molecule has 2 aromatic rings. The van der Waals surface area contributed by atoms with Crippen LogP contribution in [-0.2, 0) is 12.8 Å². The van der Waals surface area contributed by atoms with Crippen molar-refractivity contribution in [3.63, 3.8) is 0 Å². The third-order valence-corrected chi connectivity index (χ3v) is 3.88. The molecule has 2 nitrogen and oxygen atoms in total. The molecule has 1 aromatic heterocycles. The van der Waals surface area contributed by atoms with Gasteiger partial charge in [0.2, 0.25) is 0 Å². The van der Waals surface area contributed by atoms with E-state index in [9.17, 15) is 0 Å². The Morgan fingerprint density at radius 3 is 2.53 bits per heavy atom. The lowest BCUT2D eigenvalue weighted by atomic mass is 10.0. The van der Waals surface area contributed by atoms with Crippen molar-refractivity contribution in [1.82, 2.24) is 4.98 Å². The Labute approximate surface area is 107 Å². The maximum absolute atomic E-state index is 5.71. The number of rotatable bonds is 3. The first-order valence-corrected chi connectivity index (χ1v) is 6.66. The first-order valence-electron chi connectivity index (χ1n) is 5.84. The molecular formula is C14H18N2S. The number of aromatic nitrogens is 1. The van der Waals surface area contributed by atoms with Crippen LogP contribution in [0.15, 0.2) is 18.2 Å². The third-order valence-electron chi connectivity index (χ3n) is 3.04. The number of nitrogens with zero attached hydrogens (tertiary/aromatic N) is 1. The van der Waals surface area contributed by atoms with Gasteiger partial charge >= 0.3 is 0 Å². The molecule has 17 heavy (non-hydrogen) atoms. The molecule has 1 aromatic carbocycles. The van der Waals surface area contributed by atoms with Crippen LogP contribution in [0.5, 0.6) is 0 Å². The minimum absolute atomic E-state index is 0.679. The monoisotopic (exact) mass is 246 g/mol. The van der Waals surface area contributed by atoms with Crippen molar-refractivity contribution in [2.24, 2.45) is 0 Å². The summed E-state index contributed by atoms with van der Waals surface area (Å²) in [5, 5.41) is 0.679. The van der Waals surface area contributed by atoms with Crippen LogP contribution in [0, 0.1) is 20.8 Å². The van der Waals surface area contributed by atoms with Crippen LogP contribution in [-0.4, -0.2) is 4.98 Å². The average molecular weight is 246 g/mol. The summed E-state index contributed by atoms with van der Waals surface area (Å²) in [6.45, 7) is 6.39. The molecule has 0 bridgehead atoms. The maximum atomic E-state index is 5.71. The van der Waals surface area contributed by atoms with E-state index in [4.69, 9.17) is 5.73 Å². The van der Waals surface area contributed by atoms with Gasteiger partial charge in [-0.3, -0.25) is 0 Å². The first-order chi connectivity index (χ1) is 8.06. The fourth-order valence-electron chi connectivity index (χ4n) is 2.06. The Morgan fingerprint density at radius 1 is 1.18 bits per heavy atom. The van der Waals surface area contributed by atoms with Gasteiger partial charge in [0.15, 0.2) is 5.13 Å². The zero-order chi connectivity index (χ0) is 12.4. The van der Waals surface area contributed by atoms with Crippen LogP contribution in [0.4, 0.5) is 5.13 Å². The second-order valence-electron chi connectivity index (χ2n) is 4.48. The predicted molar refractivity (Wildman–Crippen MR) is 74.6 cm³/mol. The Hall–Kier alpha value is -1.35. The van der Waals surface area contributed by atoms with Gasteiger partial charge in [0.25, 0.3) is 0 Å². The number of hydrogen-bond acceptors (Lipinski definition) is 3. The molecule has 1 heterocycles. The molecule has 0 aliphatic rings. The first kappa shape index (κ1) is 12.1. The summed E-state index contributed by atoms with van der Waals surface area (Å²) in [6, 6.07) is 6.62. The summed E-state index contributed by atoms with van der Waals surface area (Å²) in [6.07, 6.45) is 2.01. The summed E-state index contributed by atoms with van der Waals surface area (Å²) < 4.78 is 0. The lowest BCUT2D eigenvalue weighted by Gasteiger charge is -2.06. The predicted octanol–water partition coefficient (Wildman–Crippen LogP) is 3.44. The van der Waals surface area contributed by atoms with Crippen molar-refractivity contribution in [1.29, 1.82) is 0 Å². The summed E-state index contributed by atoms with van der Waals surface area (Å²) in [5.74, 6) is 0. The van der Waals surface area contributed by atoms with E-state index in [1.807, 2.05) is 0 Å². The smallest absolute Gasteiger partial charge is 0.180 e. The lowest BCUT2D eigenvalue weighted by Crippen LogP contribution is -1.96. The van der Waals surface area contributed by atoms with Gasteiger partial charge in [0.05, 0.1) is 5.69 Å². The quantitative estimate of drug-likeness (QED) is 0.901. The molecule has 0 unspecified atom stereocenters. The van der Waals surface area contributed by atoms with E-state index in [1.165, 1.54) is 21.6 Å². The normalized spacial score (nSPS) is 10.8. The molecule has 0 atom stereocenters. The summed E-state index contributed by atoms with van der Waals surface area (Å²) >= 11 is 1.58. The van der Waals surface area contributed by atoms with Crippen molar-refractivity contribution >= 4 is 16.5 Å². The third kappa shape index (κ3) is 2.86. The van der Waals surface area contributed by atoms with Gasteiger partial charge in [0, 0.05) is 4.88 Å². The molecular weight excluding hydrogens is 228 g/mol. The van der Waals surface area contributed by atoms with Gasteiger partial charge in [-0.05, 0) is 44.7 Å². The molecule has 0 aliphatic heterocycles. The molecule has 0 spiro atoms. The zero-order valence-electron chi connectivity index (χ0n) is 10.6. The fraction of sp³-hybridized carbons (Fsp3) is 0.357. The number of nitrogen functional groups attached to an aromatic ring is 1. The molecule has 0 saturated heterocycles. The van der Waals surface area contributed by atoms with Crippen LogP contribution in [0.2, 0.25) is 0 Å². The number of benzene rings is 1. The molecule has 3 heteroatoms. The van der Waals surface area contributed by atoms with Crippen LogP contribution in [0.3, 0.4) is 0 Å². The zero-order valence-corrected chi connectivity index (χ0v) is 11.4. The number of hydrogen-bond donors (Lipinski definition) is 1. The van der Waals surface area contributed by atoms with E-state index in [1.54, 1.807) is 11.3 Å². The molecule has 2 rings (SSSR count). The summed E-state index contributed by atoms with van der Waals surface area (Å²) in [4.78, 5) is 5.61. The van der Waals surface area contributed by atoms with E-state index < -0.39 is 0 Å². The number of thiazole rings is 1. The molecule has 0 amide bonds. The Bertz CT molecular complexity index is 529. The van der Waals surface area contributed by atoms with Gasteiger partial charge in [-0.15, -0.1) is 11.3 Å². The molecule has 0 saturated carbocycles. The standard InChI is InChI=1S/C14H18N2S/c1-9-4-5-12(10(2)8-9)6-7-13-11(3)17-14(15)16-13/h4-5,8H,6-7H2,1-3H3,(H2,15,16). The van der Waals surface area contributed by atoms with Gasteiger partial charge in [0.1, 0.15) is 0 Å². The molecule has 90 valence electrons. The summed E-state index contributed by atoms with van der Waals surface area (Å²) in [5.41, 5.74) is 10.9.